The third kappa shape index (κ3) is 2.37. The van der Waals surface area contributed by atoms with Gasteiger partial charge in [-0.1, -0.05) is 13.8 Å². The van der Waals surface area contributed by atoms with Gasteiger partial charge in [-0.2, -0.15) is 0 Å². The number of carboxylic acids is 1. The lowest BCUT2D eigenvalue weighted by Gasteiger charge is -2.26. The van der Waals surface area contributed by atoms with Crippen molar-refractivity contribution in [2.24, 2.45) is 5.92 Å². The summed E-state index contributed by atoms with van der Waals surface area (Å²) >= 11 is 0. The molecular formula is C14H15F2NO3. The Kier molecular flexibility index (Phi) is 3.74. The molecule has 20 heavy (non-hydrogen) atoms. The lowest BCUT2D eigenvalue weighted by atomic mass is 10.0. The van der Waals surface area contributed by atoms with Crippen molar-refractivity contribution in [1.82, 2.24) is 4.90 Å². The van der Waals surface area contributed by atoms with Crippen LogP contribution in [0.25, 0.3) is 0 Å². The molecule has 1 N–H and O–H groups in total. The van der Waals surface area contributed by atoms with Gasteiger partial charge in [0.2, 0.25) is 0 Å². The molecule has 0 saturated heterocycles. The number of nitrogens with zero attached hydrogens (tertiary/aromatic N) is 1. The van der Waals surface area contributed by atoms with Crippen LogP contribution in [0.5, 0.6) is 0 Å². The molecule has 0 aliphatic carbocycles. The first-order valence-corrected chi connectivity index (χ1v) is 6.33. The quantitative estimate of drug-likeness (QED) is 0.924. The molecule has 1 heterocycles. The molecule has 0 radical (unpaired) electrons. The molecule has 0 aromatic heterocycles. The Hall–Kier alpha value is -1.98. The Morgan fingerprint density at radius 2 is 1.95 bits per heavy atom. The number of amides is 1. The van der Waals surface area contributed by atoms with E-state index < -0.39 is 36.0 Å². The molecule has 2 rings (SSSR count). The number of aliphatic carboxylic acids is 1. The highest BCUT2D eigenvalue weighted by Crippen LogP contribution is 2.39. The van der Waals surface area contributed by atoms with Crippen LogP contribution in [0.2, 0.25) is 0 Å². The van der Waals surface area contributed by atoms with Gasteiger partial charge in [-0.3, -0.25) is 9.59 Å². The summed E-state index contributed by atoms with van der Waals surface area (Å²) in [5, 5.41) is 8.94. The Bertz CT molecular complexity index is 572. The molecule has 1 aliphatic heterocycles. The maximum atomic E-state index is 13.9. The highest BCUT2D eigenvalue weighted by Gasteiger charge is 2.42. The number of rotatable bonds is 4. The highest BCUT2D eigenvalue weighted by molar-refractivity contribution is 6.00. The van der Waals surface area contributed by atoms with Gasteiger partial charge >= 0.3 is 5.97 Å². The number of carboxylic acid groups (broad SMARTS) is 1. The summed E-state index contributed by atoms with van der Waals surface area (Å²) in [6.45, 7) is 3.95. The zero-order valence-corrected chi connectivity index (χ0v) is 11.2. The molecule has 1 amide bonds. The fourth-order valence-electron chi connectivity index (χ4n) is 2.53. The van der Waals surface area contributed by atoms with Gasteiger partial charge in [0, 0.05) is 12.1 Å². The molecular weight excluding hydrogens is 268 g/mol. The molecule has 1 atom stereocenters. The first-order chi connectivity index (χ1) is 9.32. The van der Waals surface area contributed by atoms with Gasteiger partial charge in [0.15, 0.2) is 0 Å². The lowest BCUT2D eigenvalue weighted by Crippen LogP contribution is -2.33. The maximum absolute atomic E-state index is 13.9. The van der Waals surface area contributed by atoms with Crippen LogP contribution in [0.4, 0.5) is 8.78 Å². The number of benzene rings is 1. The predicted molar refractivity (Wildman–Crippen MR) is 67.2 cm³/mol. The van der Waals surface area contributed by atoms with E-state index in [-0.39, 0.29) is 23.6 Å². The molecule has 4 nitrogen and oxygen atoms in total. The second kappa shape index (κ2) is 5.19. The van der Waals surface area contributed by atoms with Gasteiger partial charge in [-0.15, -0.1) is 0 Å². The molecule has 1 aromatic carbocycles. The number of hydrogen-bond acceptors (Lipinski definition) is 2. The second-order valence-electron chi connectivity index (χ2n) is 5.28. The standard InChI is InChI=1S/C14H15F2NO3/c1-7(2)6-17-10(5-11(18)19)12-8(15)3-4-9(16)13(12)14(17)20/h3-4,7,10H,5-6H2,1-2H3,(H,18,19). The third-order valence-corrected chi connectivity index (χ3v) is 3.26. The SMILES string of the molecule is CC(C)CN1C(=O)c2c(F)ccc(F)c2C1CC(=O)O. The minimum absolute atomic E-state index is 0.0654. The van der Waals surface area contributed by atoms with Crippen molar-refractivity contribution < 1.29 is 23.5 Å². The van der Waals surface area contributed by atoms with Crippen molar-refractivity contribution >= 4 is 11.9 Å². The summed E-state index contributed by atoms with van der Waals surface area (Å²) in [6, 6.07) is 0.867. The molecule has 1 aliphatic rings. The molecule has 6 heteroatoms. The van der Waals surface area contributed by atoms with Gasteiger partial charge in [0.25, 0.3) is 5.91 Å². The van der Waals surface area contributed by atoms with Crippen LogP contribution in [0.1, 0.15) is 42.2 Å². The Morgan fingerprint density at radius 3 is 2.50 bits per heavy atom. The fourth-order valence-corrected chi connectivity index (χ4v) is 2.53. The van der Waals surface area contributed by atoms with E-state index in [2.05, 4.69) is 0 Å². The summed E-state index contributed by atoms with van der Waals surface area (Å²) < 4.78 is 27.7. The fraction of sp³-hybridized carbons (Fsp3) is 0.429. The van der Waals surface area contributed by atoms with E-state index in [1.807, 2.05) is 13.8 Å². The summed E-state index contributed by atoms with van der Waals surface area (Å²) in [5.41, 5.74) is -0.477. The number of hydrogen-bond donors (Lipinski definition) is 1. The molecule has 0 bridgehead atoms. The van der Waals surface area contributed by atoms with E-state index in [0.717, 1.165) is 12.1 Å². The van der Waals surface area contributed by atoms with Crippen molar-refractivity contribution in [2.45, 2.75) is 26.3 Å². The third-order valence-electron chi connectivity index (χ3n) is 3.26. The van der Waals surface area contributed by atoms with Crippen molar-refractivity contribution in [1.29, 1.82) is 0 Å². The van der Waals surface area contributed by atoms with E-state index >= 15 is 0 Å². The number of fused-ring (bicyclic) bond motifs is 1. The normalized spacial score (nSPS) is 17.8. The topological polar surface area (TPSA) is 57.6 Å². The van der Waals surface area contributed by atoms with Gasteiger partial charge < -0.3 is 10.0 Å². The first kappa shape index (κ1) is 14.4. The van der Waals surface area contributed by atoms with E-state index in [9.17, 15) is 18.4 Å². The van der Waals surface area contributed by atoms with Crippen molar-refractivity contribution in [3.8, 4) is 0 Å². The summed E-state index contributed by atoms with van der Waals surface area (Å²) in [4.78, 5) is 24.4. The summed E-state index contributed by atoms with van der Waals surface area (Å²) in [6.07, 6.45) is -0.439. The summed E-state index contributed by atoms with van der Waals surface area (Å²) in [5.74, 6) is -3.29. The van der Waals surface area contributed by atoms with Gasteiger partial charge in [0.1, 0.15) is 11.6 Å². The zero-order chi connectivity index (χ0) is 15.0. The number of halogens is 2. The Balaban J connectivity index is 2.53. The van der Waals surface area contributed by atoms with Gasteiger partial charge in [-0.25, -0.2) is 8.78 Å². The van der Waals surface area contributed by atoms with E-state index in [1.54, 1.807) is 0 Å². The van der Waals surface area contributed by atoms with Crippen molar-refractivity contribution in [3.05, 3.63) is 34.9 Å². The molecule has 0 fully saturated rings. The average Bonchev–Trinajstić information content (AvgIpc) is 2.59. The van der Waals surface area contributed by atoms with Crippen LogP contribution in [-0.4, -0.2) is 28.4 Å². The van der Waals surface area contributed by atoms with Crippen LogP contribution < -0.4 is 0 Å². The molecule has 0 saturated carbocycles. The zero-order valence-electron chi connectivity index (χ0n) is 11.2. The van der Waals surface area contributed by atoms with E-state index in [1.165, 1.54) is 4.90 Å². The van der Waals surface area contributed by atoms with E-state index in [4.69, 9.17) is 5.11 Å². The average molecular weight is 283 g/mol. The van der Waals surface area contributed by atoms with Crippen LogP contribution >= 0.6 is 0 Å². The van der Waals surface area contributed by atoms with Gasteiger partial charge in [-0.05, 0) is 18.1 Å². The van der Waals surface area contributed by atoms with Crippen LogP contribution in [0, 0.1) is 17.6 Å². The number of carbonyl (C=O) groups excluding carboxylic acids is 1. The van der Waals surface area contributed by atoms with E-state index in [0.29, 0.717) is 0 Å². The smallest absolute Gasteiger partial charge is 0.305 e. The number of carbonyl (C=O) groups is 2. The lowest BCUT2D eigenvalue weighted by molar-refractivity contribution is -0.138. The van der Waals surface area contributed by atoms with Crippen LogP contribution in [0.15, 0.2) is 12.1 Å². The largest absolute Gasteiger partial charge is 0.481 e. The molecule has 0 spiro atoms. The Morgan fingerprint density at radius 1 is 1.35 bits per heavy atom. The van der Waals surface area contributed by atoms with Crippen molar-refractivity contribution in [3.63, 3.8) is 0 Å². The highest BCUT2D eigenvalue weighted by atomic mass is 19.1. The molecule has 1 unspecified atom stereocenters. The first-order valence-electron chi connectivity index (χ1n) is 6.33. The second-order valence-corrected chi connectivity index (χ2v) is 5.28. The summed E-state index contributed by atoms with van der Waals surface area (Å²) in [7, 11) is 0. The Labute approximate surface area is 115 Å². The molecule has 108 valence electrons. The monoisotopic (exact) mass is 283 g/mol. The minimum Gasteiger partial charge on any atom is -0.481 e. The van der Waals surface area contributed by atoms with Crippen LogP contribution in [-0.2, 0) is 4.79 Å². The minimum atomic E-state index is -1.16. The van der Waals surface area contributed by atoms with Crippen LogP contribution in [0.3, 0.4) is 0 Å². The van der Waals surface area contributed by atoms with Crippen molar-refractivity contribution in [2.75, 3.05) is 6.54 Å². The molecule has 1 aromatic rings. The maximum Gasteiger partial charge on any atom is 0.305 e. The van der Waals surface area contributed by atoms with Gasteiger partial charge in [0.05, 0.1) is 18.0 Å². The predicted octanol–water partition coefficient (Wildman–Crippen LogP) is 2.59.